The third kappa shape index (κ3) is 2.26. The summed E-state index contributed by atoms with van der Waals surface area (Å²) in [6.07, 6.45) is 0. The third-order valence-corrected chi connectivity index (χ3v) is 6.33. The smallest absolute Gasteiger partial charge is 0.265 e. The number of para-hydroxylation sites is 1. The van der Waals surface area contributed by atoms with Crippen LogP contribution in [0.2, 0.25) is 0 Å². The zero-order valence-corrected chi connectivity index (χ0v) is 17.5. The van der Waals surface area contributed by atoms with Crippen LogP contribution in [0.15, 0.2) is 70.5 Å². The molecule has 2 heterocycles. The van der Waals surface area contributed by atoms with Crippen LogP contribution in [-0.2, 0) is 0 Å². The zero-order valence-electron chi connectivity index (χ0n) is 17.5. The second-order valence-corrected chi connectivity index (χ2v) is 8.21. The lowest BCUT2D eigenvalue weighted by atomic mass is 9.95. The van der Waals surface area contributed by atoms with Crippen LogP contribution in [0.25, 0.3) is 38.4 Å². The molecule has 0 saturated heterocycles. The van der Waals surface area contributed by atoms with E-state index in [1.165, 1.54) is 4.57 Å². The average molecular weight is 415 g/mol. The van der Waals surface area contributed by atoms with Crippen molar-refractivity contribution in [2.45, 2.75) is 13.8 Å². The number of hydrogen-bond donors (Lipinski definition) is 1. The predicted molar refractivity (Wildman–Crippen MR) is 125 cm³/mol. The Morgan fingerprint density at radius 2 is 1.62 bits per heavy atom. The Kier molecular flexibility index (Phi) is 3.60. The van der Waals surface area contributed by atoms with E-state index in [9.17, 15) is 15.2 Å². The Morgan fingerprint density at radius 1 is 0.906 bits per heavy atom. The number of pyridine rings is 1. The summed E-state index contributed by atoms with van der Waals surface area (Å²) in [5.41, 5.74) is 5.26. The Balaban J connectivity index is 1.82. The van der Waals surface area contributed by atoms with Crippen LogP contribution in [0.5, 0.6) is 5.88 Å². The lowest BCUT2D eigenvalue weighted by molar-refractivity contribution is 0.443. The molecule has 0 spiro atoms. The molecule has 0 saturated carbocycles. The van der Waals surface area contributed by atoms with Crippen LogP contribution < -0.4 is 10.9 Å². The van der Waals surface area contributed by atoms with Gasteiger partial charge < -0.3 is 5.11 Å². The number of aromatic hydroxyl groups is 1. The van der Waals surface area contributed by atoms with Gasteiger partial charge in [-0.1, -0.05) is 30.3 Å². The second-order valence-electron chi connectivity index (χ2n) is 8.21. The van der Waals surface area contributed by atoms with Crippen molar-refractivity contribution in [3.8, 4) is 28.8 Å². The molecule has 1 aromatic heterocycles. The van der Waals surface area contributed by atoms with Crippen LogP contribution in [0.1, 0.15) is 16.7 Å². The van der Waals surface area contributed by atoms with Crippen LogP contribution in [0.4, 0.5) is 5.69 Å². The van der Waals surface area contributed by atoms with Crippen molar-refractivity contribution >= 4 is 27.2 Å². The molecule has 0 bridgehead atoms. The first-order valence-electron chi connectivity index (χ1n) is 10.3. The minimum atomic E-state index is -0.264. The van der Waals surface area contributed by atoms with E-state index in [0.29, 0.717) is 27.4 Å². The summed E-state index contributed by atoms with van der Waals surface area (Å²) in [5.74, 6) is -0.0937. The van der Waals surface area contributed by atoms with Crippen LogP contribution >= 0.6 is 0 Å². The van der Waals surface area contributed by atoms with Crippen LogP contribution in [-0.4, -0.2) is 9.67 Å². The summed E-state index contributed by atoms with van der Waals surface area (Å²) in [5, 5.41) is 24.2. The van der Waals surface area contributed by atoms with Crippen molar-refractivity contribution in [2.24, 2.45) is 4.99 Å². The third-order valence-electron chi connectivity index (χ3n) is 6.33. The molecule has 4 aromatic carbocycles. The Hall–Kier alpha value is -4.43. The normalized spacial score (nSPS) is 11.9. The molecule has 32 heavy (non-hydrogen) atoms. The van der Waals surface area contributed by atoms with Gasteiger partial charge in [-0.05, 0) is 55.3 Å². The number of aromatic nitrogens is 1. The topological polar surface area (TPSA) is 78.4 Å². The standard InChI is InChI=1S/C27H17N3O2/c1-14-5-3-6-15(2)25(14)30-26(31)18-8-4-7-17-23(18)21(27(30)32)12-20-19-11-16(13-28)9-10-22(19)29-24(17)20/h3-12,32H,1-2H3. The molecule has 0 amide bonds. The average Bonchev–Trinajstić information content (AvgIpc) is 3.17. The van der Waals surface area contributed by atoms with E-state index < -0.39 is 0 Å². The van der Waals surface area contributed by atoms with Gasteiger partial charge in [0.05, 0.1) is 28.4 Å². The van der Waals surface area contributed by atoms with Gasteiger partial charge in [0.2, 0.25) is 5.88 Å². The highest BCUT2D eigenvalue weighted by Gasteiger charge is 2.23. The molecule has 0 atom stereocenters. The summed E-state index contributed by atoms with van der Waals surface area (Å²) >= 11 is 0. The highest BCUT2D eigenvalue weighted by atomic mass is 16.3. The Bertz CT molecular complexity index is 1770. The molecule has 1 aliphatic rings. The van der Waals surface area contributed by atoms with Gasteiger partial charge in [-0.25, -0.2) is 9.56 Å². The highest BCUT2D eigenvalue weighted by Crippen LogP contribution is 2.40. The van der Waals surface area contributed by atoms with Gasteiger partial charge in [0, 0.05) is 32.7 Å². The SMILES string of the molecule is Cc1cccc(C)c1-n1c(O)c2cc3c(c4cccc(c1=O)c24)=Nc1ccc(C#N)cc1-3. The van der Waals surface area contributed by atoms with Crippen LogP contribution in [0.3, 0.4) is 0 Å². The van der Waals surface area contributed by atoms with E-state index in [1.807, 2.05) is 62.4 Å². The zero-order chi connectivity index (χ0) is 22.1. The molecule has 5 aromatic rings. The van der Waals surface area contributed by atoms with Crippen molar-refractivity contribution in [3.63, 3.8) is 0 Å². The van der Waals surface area contributed by atoms with E-state index in [-0.39, 0.29) is 11.4 Å². The Morgan fingerprint density at radius 3 is 2.38 bits per heavy atom. The summed E-state index contributed by atoms with van der Waals surface area (Å²) < 4.78 is 1.41. The van der Waals surface area contributed by atoms with Crippen molar-refractivity contribution in [1.29, 1.82) is 5.26 Å². The molecular formula is C27H17N3O2. The maximum Gasteiger partial charge on any atom is 0.265 e. The number of fused-ring (bicyclic) bond motifs is 4. The largest absolute Gasteiger partial charge is 0.494 e. The fourth-order valence-corrected chi connectivity index (χ4v) is 4.89. The molecule has 6 rings (SSSR count). The minimum absolute atomic E-state index is 0.0937. The minimum Gasteiger partial charge on any atom is -0.494 e. The fourth-order valence-electron chi connectivity index (χ4n) is 4.89. The second kappa shape index (κ2) is 6.29. The number of nitrogens with zero attached hydrogens (tertiary/aromatic N) is 3. The quantitative estimate of drug-likeness (QED) is 0.411. The fraction of sp³-hybridized carbons (Fsp3) is 0.0741. The summed E-state index contributed by atoms with van der Waals surface area (Å²) in [7, 11) is 0. The monoisotopic (exact) mass is 415 g/mol. The molecule has 0 radical (unpaired) electrons. The number of nitriles is 1. The van der Waals surface area contributed by atoms with E-state index in [4.69, 9.17) is 4.99 Å². The van der Waals surface area contributed by atoms with Gasteiger partial charge in [-0.15, -0.1) is 0 Å². The predicted octanol–water partition coefficient (Wildman–Crippen LogP) is 4.99. The summed E-state index contributed by atoms with van der Waals surface area (Å²) in [4.78, 5) is 18.4. The molecule has 1 aliphatic heterocycles. The number of aryl methyl sites for hydroxylation is 2. The van der Waals surface area contributed by atoms with E-state index in [2.05, 4.69) is 6.07 Å². The molecule has 5 heteroatoms. The molecule has 152 valence electrons. The van der Waals surface area contributed by atoms with Gasteiger partial charge in [-0.3, -0.25) is 4.79 Å². The van der Waals surface area contributed by atoms with E-state index >= 15 is 0 Å². The van der Waals surface area contributed by atoms with Gasteiger partial charge in [0.15, 0.2) is 0 Å². The molecule has 5 nitrogen and oxygen atoms in total. The van der Waals surface area contributed by atoms with E-state index in [0.717, 1.165) is 38.7 Å². The lowest BCUT2D eigenvalue weighted by Gasteiger charge is -2.18. The lowest BCUT2D eigenvalue weighted by Crippen LogP contribution is -2.21. The molecule has 0 unspecified atom stereocenters. The molecule has 0 aliphatic carbocycles. The number of rotatable bonds is 1. The summed E-state index contributed by atoms with van der Waals surface area (Å²) in [6, 6.07) is 20.8. The number of hydrogen-bond acceptors (Lipinski definition) is 4. The van der Waals surface area contributed by atoms with Gasteiger partial charge >= 0.3 is 0 Å². The van der Waals surface area contributed by atoms with E-state index in [1.54, 1.807) is 12.1 Å². The molecular weight excluding hydrogens is 398 g/mol. The highest BCUT2D eigenvalue weighted by molar-refractivity contribution is 6.14. The maximum atomic E-state index is 13.6. The molecule has 1 N–H and O–H groups in total. The first-order valence-corrected chi connectivity index (χ1v) is 10.3. The Labute approximate surface area is 183 Å². The van der Waals surface area contributed by atoms with Crippen molar-refractivity contribution in [2.75, 3.05) is 0 Å². The first kappa shape index (κ1) is 18.3. The summed E-state index contributed by atoms with van der Waals surface area (Å²) in [6.45, 7) is 3.86. The van der Waals surface area contributed by atoms with Crippen molar-refractivity contribution < 1.29 is 5.11 Å². The van der Waals surface area contributed by atoms with Crippen molar-refractivity contribution in [1.82, 2.24) is 4.57 Å². The van der Waals surface area contributed by atoms with Gasteiger partial charge in [0.25, 0.3) is 5.56 Å². The van der Waals surface area contributed by atoms with Crippen LogP contribution in [0, 0.1) is 25.2 Å². The van der Waals surface area contributed by atoms with Gasteiger partial charge in [0.1, 0.15) is 0 Å². The molecule has 0 fully saturated rings. The van der Waals surface area contributed by atoms with Gasteiger partial charge in [-0.2, -0.15) is 5.26 Å². The maximum absolute atomic E-state index is 13.6. The first-order chi connectivity index (χ1) is 15.5. The number of benzene rings is 4. The van der Waals surface area contributed by atoms with Crippen molar-refractivity contribution in [3.05, 3.63) is 93.1 Å².